The average molecular weight is 280 g/mol. The summed E-state index contributed by atoms with van der Waals surface area (Å²) in [6.45, 7) is 3.45. The van der Waals surface area contributed by atoms with Crippen molar-refractivity contribution in [1.82, 2.24) is 20.4 Å². The Morgan fingerprint density at radius 1 is 1.50 bits per heavy atom. The Morgan fingerprint density at radius 3 is 2.85 bits per heavy atom. The van der Waals surface area contributed by atoms with Crippen LogP contribution >= 0.6 is 0 Å². The minimum absolute atomic E-state index is 0.0171. The molecule has 0 saturated heterocycles. The highest BCUT2D eigenvalue weighted by Gasteiger charge is 2.34. The second-order valence-corrected chi connectivity index (χ2v) is 5.81. The van der Waals surface area contributed by atoms with E-state index >= 15 is 0 Å². The van der Waals surface area contributed by atoms with Crippen LogP contribution in [0.5, 0.6) is 0 Å². The van der Waals surface area contributed by atoms with E-state index in [1.165, 1.54) is 0 Å². The Hall–Kier alpha value is -1.56. The summed E-state index contributed by atoms with van der Waals surface area (Å²) in [6, 6.07) is 1.70. The second kappa shape index (κ2) is 6.74. The molecule has 1 fully saturated rings. The van der Waals surface area contributed by atoms with Crippen molar-refractivity contribution in [2.24, 2.45) is 5.92 Å². The Balaban J connectivity index is 1.71. The van der Waals surface area contributed by atoms with Crippen LogP contribution in [0.25, 0.3) is 0 Å². The molecule has 0 aliphatic heterocycles. The van der Waals surface area contributed by atoms with Gasteiger partial charge < -0.3 is 15.7 Å². The number of nitrogens with zero attached hydrogens (tertiary/aromatic N) is 2. The van der Waals surface area contributed by atoms with Crippen molar-refractivity contribution in [2.75, 3.05) is 13.2 Å². The molecule has 20 heavy (non-hydrogen) atoms. The van der Waals surface area contributed by atoms with Crippen LogP contribution in [0, 0.1) is 5.92 Å². The number of carbonyl (C=O) groups is 1. The van der Waals surface area contributed by atoms with Gasteiger partial charge in [-0.05, 0) is 24.8 Å². The highest BCUT2D eigenvalue weighted by molar-refractivity contribution is 5.74. The highest BCUT2D eigenvalue weighted by Crippen LogP contribution is 2.28. The lowest BCUT2D eigenvalue weighted by atomic mass is 9.99. The summed E-state index contributed by atoms with van der Waals surface area (Å²) < 4.78 is 1.86. The molecule has 1 saturated carbocycles. The van der Waals surface area contributed by atoms with Gasteiger partial charge >= 0.3 is 6.03 Å². The van der Waals surface area contributed by atoms with Crippen molar-refractivity contribution in [2.45, 2.75) is 44.7 Å². The molecule has 1 heterocycles. The van der Waals surface area contributed by atoms with E-state index in [1.54, 1.807) is 6.20 Å². The minimum Gasteiger partial charge on any atom is -0.394 e. The molecule has 2 amide bonds. The quantitative estimate of drug-likeness (QED) is 0.730. The Bertz CT molecular complexity index is 413. The number of aliphatic hydroxyl groups excluding tert-OH is 1. The third-order valence-corrected chi connectivity index (χ3v) is 3.91. The molecule has 0 bridgehead atoms. The predicted octanol–water partition coefficient (Wildman–Crippen LogP) is 1.12. The summed E-state index contributed by atoms with van der Waals surface area (Å²) in [7, 11) is 0. The molecular formula is C14H24N4O2. The number of aromatic nitrogens is 2. The maximum absolute atomic E-state index is 11.9. The fourth-order valence-electron chi connectivity index (χ4n) is 2.72. The van der Waals surface area contributed by atoms with Crippen LogP contribution in [-0.4, -0.2) is 39.6 Å². The molecule has 0 radical (unpaired) electrons. The van der Waals surface area contributed by atoms with E-state index in [0.29, 0.717) is 12.5 Å². The fourth-order valence-corrected chi connectivity index (χ4v) is 2.72. The lowest BCUT2D eigenvalue weighted by Crippen LogP contribution is -2.53. The molecule has 3 N–H and O–H groups in total. The van der Waals surface area contributed by atoms with Gasteiger partial charge in [-0.2, -0.15) is 5.10 Å². The van der Waals surface area contributed by atoms with E-state index in [9.17, 15) is 9.90 Å². The summed E-state index contributed by atoms with van der Waals surface area (Å²) in [5, 5.41) is 19.4. The largest absolute Gasteiger partial charge is 0.394 e. The van der Waals surface area contributed by atoms with E-state index in [4.69, 9.17) is 0 Å². The van der Waals surface area contributed by atoms with Crippen molar-refractivity contribution >= 4 is 6.03 Å². The highest BCUT2D eigenvalue weighted by atomic mass is 16.3. The summed E-state index contributed by atoms with van der Waals surface area (Å²) in [5.74, 6) is 0.300. The van der Waals surface area contributed by atoms with Gasteiger partial charge in [0.25, 0.3) is 0 Å². The molecule has 1 unspecified atom stereocenters. The number of hydrogen-bond acceptors (Lipinski definition) is 3. The molecule has 6 heteroatoms. The lowest BCUT2D eigenvalue weighted by Gasteiger charge is -2.28. The Morgan fingerprint density at radius 2 is 2.25 bits per heavy atom. The molecule has 1 aliphatic carbocycles. The van der Waals surface area contributed by atoms with Crippen molar-refractivity contribution in [1.29, 1.82) is 0 Å². The molecule has 2 rings (SSSR count). The first-order valence-electron chi connectivity index (χ1n) is 7.28. The van der Waals surface area contributed by atoms with Crippen LogP contribution in [0.4, 0.5) is 4.79 Å². The maximum atomic E-state index is 11.9. The smallest absolute Gasteiger partial charge is 0.315 e. The molecule has 1 aromatic heterocycles. The number of rotatable bonds is 6. The van der Waals surface area contributed by atoms with Crippen LogP contribution in [0.15, 0.2) is 18.5 Å². The molecule has 1 atom stereocenters. The van der Waals surface area contributed by atoms with Crippen molar-refractivity contribution in [3.05, 3.63) is 18.5 Å². The van der Waals surface area contributed by atoms with Gasteiger partial charge in [-0.3, -0.25) is 4.68 Å². The Labute approximate surface area is 119 Å². The van der Waals surface area contributed by atoms with Gasteiger partial charge in [0.2, 0.25) is 0 Å². The van der Waals surface area contributed by atoms with Gasteiger partial charge in [-0.1, -0.05) is 19.8 Å². The van der Waals surface area contributed by atoms with Crippen molar-refractivity contribution in [3.8, 4) is 0 Å². The number of aliphatic hydroxyl groups is 1. The first-order valence-corrected chi connectivity index (χ1v) is 7.28. The van der Waals surface area contributed by atoms with Gasteiger partial charge in [-0.25, -0.2) is 4.79 Å². The first kappa shape index (κ1) is 14.8. The predicted molar refractivity (Wildman–Crippen MR) is 76.2 cm³/mol. The molecule has 112 valence electrons. The standard InChI is InChI=1S/C14H24N4O2/c1-12(10-18-8-4-7-16-18)9-15-13(20)17-14(11-19)5-2-3-6-14/h4,7-8,12,19H,2-3,5-6,9-11H2,1H3,(H2,15,17,20). The summed E-state index contributed by atoms with van der Waals surface area (Å²) in [4.78, 5) is 11.9. The number of carbonyl (C=O) groups excluding carboxylic acids is 1. The molecule has 1 aromatic rings. The number of amides is 2. The first-order chi connectivity index (χ1) is 9.63. The zero-order valence-corrected chi connectivity index (χ0v) is 12.0. The van der Waals surface area contributed by atoms with Crippen molar-refractivity contribution in [3.63, 3.8) is 0 Å². The van der Waals surface area contributed by atoms with Crippen LogP contribution < -0.4 is 10.6 Å². The SMILES string of the molecule is CC(CNC(=O)NC1(CO)CCCC1)Cn1cccn1. The topological polar surface area (TPSA) is 79.2 Å². The average Bonchev–Trinajstić information content (AvgIpc) is 3.09. The van der Waals surface area contributed by atoms with E-state index in [0.717, 1.165) is 32.2 Å². The normalized spacial score (nSPS) is 18.7. The van der Waals surface area contributed by atoms with Gasteiger partial charge in [0.05, 0.1) is 12.1 Å². The van der Waals surface area contributed by atoms with Crippen LogP contribution in [0.1, 0.15) is 32.6 Å². The third-order valence-electron chi connectivity index (χ3n) is 3.91. The lowest BCUT2D eigenvalue weighted by molar-refractivity contribution is 0.162. The zero-order chi connectivity index (χ0) is 14.4. The zero-order valence-electron chi connectivity index (χ0n) is 12.0. The monoisotopic (exact) mass is 280 g/mol. The summed E-state index contributed by atoms with van der Waals surface area (Å²) in [5.41, 5.74) is -0.407. The van der Waals surface area contributed by atoms with Crippen LogP contribution in [0.2, 0.25) is 0 Å². The molecule has 0 spiro atoms. The number of nitrogens with one attached hydrogen (secondary N) is 2. The Kier molecular flexibility index (Phi) is 5.00. The second-order valence-electron chi connectivity index (χ2n) is 5.81. The summed E-state index contributed by atoms with van der Waals surface area (Å²) in [6.07, 6.45) is 7.51. The maximum Gasteiger partial charge on any atom is 0.315 e. The minimum atomic E-state index is -0.407. The van der Waals surface area contributed by atoms with E-state index in [1.807, 2.05) is 16.9 Å². The van der Waals surface area contributed by atoms with Crippen LogP contribution in [-0.2, 0) is 6.54 Å². The van der Waals surface area contributed by atoms with E-state index < -0.39 is 5.54 Å². The molecule has 6 nitrogen and oxygen atoms in total. The third kappa shape index (κ3) is 3.96. The molecular weight excluding hydrogens is 256 g/mol. The van der Waals surface area contributed by atoms with Crippen molar-refractivity contribution < 1.29 is 9.90 Å². The molecule has 0 aromatic carbocycles. The number of hydrogen-bond donors (Lipinski definition) is 3. The number of urea groups is 1. The van der Waals surface area contributed by atoms with Gasteiger partial charge in [-0.15, -0.1) is 0 Å². The molecule has 1 aliphatic rings. The van der Waals surface area contributed by atoms with Crippen LogP contribution in [0.3, 0.4) is 0 Å². The fraction of sp³-hybridized carbons (Fsp3) is 0.714. The van der Waals surface area contributed by atoms with Gasteiger partial charge in [0.15, 0.2) is 0 Å². The van der Waals surface area contributed by atoms with E-state index in [-0.39, 0.29) is 12.6 Å². The summed E-state index contributed by atoms with van der Waals surface area (Å²) >= 11 is 0. The van der Waals surface area contributed by atoms with Gasteiger partial charge in [0, 0.05) is 25.5 Å². The van der Waals surface area contributed by atoms with E-state index in [2.05, 4.69) is 22.7 Å². The van der Waals surface area contributed by atoms with Gasteiger partial charge in [0.1, 0.15) is 0 Å².